The van der Waals surface area contributed by atoms with Crippen molar-refractivity contribution < 1.29 is 4.74 Å². The van der Waals surface area contributed by atoms with Crippen LogP contribution in [-0.2, 0) is 0 Å². The number of nitrogens with zero attached hydrogens (tertiary/aromatic N) is 2. The van der Waals surface area contributed by atoms with Gasteiger partial charge in [-0.2, -0.15) is 0 Å². The standard InChI is InChI=1S/C12H18ClN3O/c1-15-3-5-16(6-4-15)11-8-12(17-2)9(13)7-10(11)14/h7-8H,3-6,14H2,1-2H3. The highest BCUT2D eigenvalue weighted by atomic mass is 35.5. The van der Waals surface area contributed by atoms with Crippen LogP contribution in [0.2, 0.25) is 5.02 Å². The number of nitrogens with two attached hydrogens (primary N) is 1. The molecular weight excluding hydrogens is 238 g/mol. The van der Waals surface area contributed by atoms with Crippen LogP contribution >= 0.6 is 11.6 Å². The number of halogens is 1. The van der Waals surface area contributed by atoms with Gasteiger partial charge in [-0.05, 0) is 13.1 Å². The van der Waals surface area contributed by atoms with Crippen LogP contribution in [0.15, 0.2) is 12.1 Å². The molecule has 1 aromatic rings. The number of benzene rings is 1. The highest BCUT2D eigenvalue weighted by Gasteiger charge is 2.18. The third-order valence-electron chi connectivity index (χ3n) is 3.15. The van der Waals surface area contributed by atoms with Gasteiger partial charge in [0.25, 0.3) is 0 Å². The molecule has 0 atom stereocenters. The largest absolute Gasteiger partial charge is 0.495 e. The van der Waals surface area contributed by atoms with E-state index >= 15 is 0 Å². The molecule has 1 aliphatic heterocycles. The minimum absolute atomic E-state index is 0.558. The molecule has 1 aromatic carbocycles. The molecule has 0 unspecified atom stereocenters. The second-order valence-electron chi connectivity index (χ2n) is 4.34. The molecule has 2 N–H and O–H groups in total. The maximum Gasteiger partial charge on any atom is 0.139 e. The minimum atomic E-state index is 0.558. The van der Waals surface area contributed by atoms with E-state index in [-0.39, 0.29) is 0 Å². The van der Waals surface area contributed by atoms with Gasteiger partial charge in [0, 0.05) is 32.2 Å². The molecule has 17 heavy (non-hydrogen) atoms. The predicted octanol–water partition coefficient (Wildman–Crippen LogP) is 1.68. The van der Waals surface area contributed by atoms with E-state index in [4.69, 9.17) is 22.1 Å². The van der Waals surface area contributed by atoms with Crippen molar-refractivity contribution in [2.45, 2.75) is 0 Å². The van der Waals surface area contributed by atoms with Crippen molar-refractivity contribution >= 4 is 23.0 Å². The fourth-order valence-corrected chi connectivity index (χ4v) is 2.28. The lowest BCUT2D eigenvalue weighted by Crippen LogP contribution is -2.44. The molecule has 4 nitrogen and oxygen atoms in total. The maximum atomic E-state index is 6.03. The first-order valence-corrected chi connectivity index (χ1v) is 6.06. The van der Waals surface area contributed by atoms with Crippen molar-refractivity contribution in [3.8, 4) is 5.75 Å². The molecule has 0 saturated carbocycles. The molecule has 94 valence electrons. The Morgan fingerprint density at radius 3 is 2.47 bits per heavy atom. The number of methoxy groups -OCH3 is 1. The average molecular weight is 256 g/mol. The van der Waals surface area contributed by atoms with Gasteiger partial charge in [-0.25, -0.2) is 0 Å². The average Bonchev–Trinajstić information content (AvgIpc) is 2.31. The zero-order valence-electron chi connectivity index (χ0n) is 10.2. The van der Waals surface area contributed by atoms with Crippen LogP contribution in [0.25, 0.3) is 0 Å². The van der Waals surface area contributed by atoms with Crippen molar-refractivity contribution in [2.24, 2.45) is 0 Å². The highest BCUT2D eigenvalue weighted by Crippen LogP contribution is 2.35. The van der Waals surface area contributed by atoms with Crippen LogP contribution in [-0.4, -0.2) is 45.2 Å². The molecular formula is C12H18ClN3O. The summed E-state index contributed by atoms with van der Waals surface area (Å²) in [5.41, 5.74) is 7.74. The predicted molar refractivity (Wildman–Crippen MR) is 72.1 cm³/mol. The Labute approximate surface area is 107 Å². The van der Waals surface area contributed by atoms with Crippen molar-refractivity contribution in [3.05, 3.63) is 17.2 Å². The van der Waals surface area contributed by atoms with Crippen LogP contribution in [0.5, 0.6) is 5.75 Å². The molecule has 0 amide bonds. The van der Waals surface area contributed by atoms with E-state index in [0.717, 1.165) is 31.9 Å². The maximum absolute atomic E-state index is 6.03. The number of anilines is 2. The van der Waals surface area contributed by atoms with E-state index in [1.165, 1.54) is 0 Å². The molecule has 2 rings (SSSR count). The summed E-state index contributed by atoms with van der Waals surface area (Å²) in [4.78, 5) is 4.58. The van der Waals surface area contributed by atoms with Crippen LogP contribution in [0.4, 0.5) is 11.4 Å². The topological polar surface area (TPSA) is 41.7 Å². The van der Waals surface area contributed by atoms with Crippen molar-refractivity contribution in [1.82, 2.24) is 4.90 Å². The van der Waals surface area contributed by atoms with Gasteiger partial charge in [0.1, 0.15) is 5.75 Å². The zero-order chi connectivity index (χ0) is 12.4. The number of piperazine rings is 1. The Morgan fingerprint density at radius 2 is 1.88 bits per heavy atom. The Hall–Kier alpha value is -1.13. The number of hydrogen-bond donors (Lipinski definition) is 1. The van der Waals surface area contributed by atoms with E-state index in [1.807, 2.05) is 6.07 Å². The zero-order valence-corrected chi connectivity index (χ0v) is 11.0. The Kier molecular flexibility index (Phi) is 3.64. The highest BCUT2D eigenvalue weighted by molar-refractivity contribution is 6.32. The fraction of sp³-hybridized carbons (Fsp3) is 0.500. The molecule has 0 bridgehead atoms. The summed E-state index contributed by atoms with van der Waals surface area (Å²) in [5.74, 6) is 0.676. The number of nitrogen functional groups attached to an aromatic ring is 1. The summed E-state index contributed by atoms with van der Waals surface area (Å²) in [6.07, 6.45) is 0. The second kappa shape index (κ2) is 5.02. The van der Waals surface area contributed by atoms with E-state index in [9.17, 15) is 0 Å². The van der Waals surface area contributed by atoms with E-state index in [0.29, 0.717) is 16.5 Å². The first kappa shape index (κ1) is 12.3. The lowest BCUT2D eigenvalue weighted by atomic mass is 10.2. The monoisotopic (exact) mass is 255 g/mol. The summed E-state index contributed by atoms with van der Waals surface area (Å²) >= 11 is 6.03. The number of hydrogen-bond acceptors (Lipinski definition) is 4. The van der Waals surface area contributed by atoms with E-state index < -0.39 is 0 Å². The van der Waals surface area contributed by atoms with Gasteiger partial charge in [0.15, 0.2) is 0 Å². The van der Waals surface area contributed by atoms with Gasteiger partial charge < -0.3 is 20.3 Å². The van der Waals surface area contributed by atoms with Crippen LogP contribution in [0.3, 0.4) is 0 Å². The smallest absolute Gasteiger partial charge is 0.139 e. The number of ether oxygens (including phenoxy) is 1. The summed E-state index contributed by atoms with van der Waals surface area (Å²) in [6, 6.07) is 3.68. The summed E-state index contributed by atoms with van der Waals surface area (Å²) in [6.45, 7) is 4.05. The van der Waals surface area contributed by atoms with Gasteiger partial charge in [-0.3, -0.25) is 0 Å². The second-order valence-corrected chi connectivity index (χ2v) is 4.74. The Balaban J connectivity index is 2.25. The summed E-state index contributed by atoms with van der Waals surface area (Å²) in [5, 5.41) is 0.558. The van der Waals surface area contributed by atoms with Crippen LogP contribution in [0.1, 0.15) is 0 Å². The quantitative estimate of drug-likeness (QED) is 0.817. The molecule has 5 heteroatoms. The number of likely N-dealkylation sites (N-methyl/N-ethyl adjacent to an activating group) is 1. The van der Waals surface area contributed by atoms with Gasteiger partial charge in [0.2, 0.25) is 0 Å². The van der Waals surface area contributed by atoms with Gasteiger partial charge in [-0.15, -0.1) is 0 Å². The normalized spacial score (nSPS) is 17.2. The van der Waals surface area contributed by atoms with Crippen LogP contribution < -0.4 is 15.4 Å². The number of rotatable bonds is 2. The van der Waals surface area contributed by atoms with Crippen LogP contribution in [0, 0.1) is 0 Å². The van der Waals surface area contributed by atoms with Crippen molar-refractivity contribution in [1.29, 1.82) is 0 Å². The molecule has 0 aliphatic carbocycles. The first-order valence-electron chi connectivity index (χ1n) is 5.68. The Bertz CT molecular complexity index is 403. The molecule has 0 aromatic heterocycles. The summed E-state index contributed by atoms with van der Waals surface area (Å²) in [7, 11) is 3.74. The first-order chi connectivity index (χ1) is 8.11. The van der Waals surface area contributed by atoms with Gasteiger partial charge in [0.05, 0.1) is 23.5 Å². The lowest BCUT2D eigenvalue weighted by molar-refractivity contribution is 0.313. The molecule has 0 radical (unpaired) electrons. The van der Waals surface area contributed by atoms with Gasteiger partial charge >= 0.3 is 0 Å². The van der Waals surface area contributed by atoms with E-state index in [1.54, 1.807) is 13.2 Å². The van der Waals surface area contributed by atoms with E-state index in [2.05, 4.69) is 16.8 Å². The summed E-state index contributed by atoms with van der Waals surface area (Å²) < 4.78 is 5.23. The molecule has 0 spiro atoms. The van der Waals surface area contributed by atoms with Crippen molar-refractivity contribution in [2.75, 3.05) is 51.0 Å². The lowest BCUT2D eigenvalue weighted by Gasteiger charge is -2.34. The molecule has 1 heterocycles. The molecule has 1 saturated heterocycles. The molecule has 1 fully saturated rings. The molecule has 1 aliphatic rings. The minimum Gasteiger partial charge on any atom is -0.495 e. The SMILES string of the molecule is COc1cc(N2CCN(C)CC2)c(N)cc1Cl. The third kappa shape index (κ3) is 2.58. The van der Waals surface area contributed by atoms with Crippen molar-refractivity contribution in [3.63, 3.8) is 0 Å². The third-order valence-corrected chi connectivity index (χ3v) is 3.44. The fourth-order valence-electron chi connectivity index (χ4n) is 2.04. The van der Waals surface area contributed by atoms with Gasteiger partial charge in [-0.1, -0.05) is 11.6 Å². The Morgan fingerprint density at radius 1 is 1.24 bits per heavy atom.